The van der Waals surface area contributed by atoms with Crippen molar-refractivity contribution < 1.29 is 9.59 Å². The summed E-state index contributed by atoms with van der Waals surface area (Å²) in [5, 5.41) is 3.16. The van der Waals surface area contributed by atoms with Crippen LogP contribution in [0, 0.1) is 0 Å². The number of carbonyl (C=O) groups is 2. The van der Waals surface area contributed by atoms with E-state index in [1.165, 1.54) is 4.90 Å². The van der Waals surface area contributed by atoms with Crippen LogP contribution in [0.1, 0.15) is 33.1 Å². The molecule has 1 aliphatic rings. The van der Waals surface area contributed by atoms with Gasteiger partial charge in [-0.15, -0.1) is 0 Å². The highest BCUT2D eigenvalue weighted by Crippen LogP contribution is 2.10. The average Bonchev–Trinajstić information content (AvgIpc) is 2.56. The first-order chi connectivity index (χ1) is 8.43. The van der Waals surface area contributed by atoms with Crippen molar-refractivity contribution in [2.75, 3.05) is 27.2 Å². The van der Waals surface area contributed by atoms with Crippen molar-refractivity contribution in [2.45, 2.75) is 45.2 Å². The number of likely N-dealkylation sites (N-methyl/N-ethyl adjacent to an activating group) is 1. The molecule has 0 bridgehead atoms. The van der Waals surface area contributed by atoms with E-state index in [0.717, 1.165) is 25.9 Å². The number of amides is 2. The summed E-state index contributed by atoms with van der Waals surface area (Å²) < 4.78 is 0. The molecule has 104 valence electrons. The highest BCUT2D eigenvalue weighted by molar-refractivity contribution is 6.05. The molecule has 0 aromatic rings. The number of unbranched alkanes of at least 4 members (excludes halogenated alkanes) is 1. The summed E-state index contributed by atoms with van der Waals surface area (Å²) >= 11 is 0. The standard InChI is InChI=1S/C13H25N3O2/c1-10(2)15(3)8-6-5-7-14-11-9-12(17)16(4)13(11)18/h10-11,14H,5-9H2,1-4H3. The Bertz CT molecular complexity index is 305. The second kappa shape index (κ2) is 6.85. The topological polar surface area (TPSA) is 52.7 Å². The number of hydrogen-bond donors (Lipinski definition) is 1. The number of nitrogens with one attached hydrogen (secondary N) is 1. The molecule has 5 nitrogen and oxygen atoms in total. The van der Waals surface area contributed by atoms with Gasteiger partial charge in [-0.1, -0.05) is 0 Å². The van der Waals surface area contributed by atoms with Crippen molar-refractivity contribution in [3.05, 3.63) is 0 Å². The zero-order chi connectivity index (χ0) is 13.7. The van der Waals surface area contributed by atoms with E-state index in [9.17, 15) is 9.59 Å². The Hall–Kier alpha value is -0.940. The van der Waals surface area contributed by atoms with Gasteiger partial charge in [0, 0.05) is 13.1 Å². The van der Waals surface area contributed by atoms with Gasteiger partial charge in [0.15, 0.2) is 0 Å². The van der Waals surface area contributed by atoms with E-state index >= 15 is 0 Å². The molecule has 1 saturated heterocycles. The Morgan fingerprint density at radius 3 is 2.56 bits per heavy atom. The predicted molar refractivity (Wildman–Crippen MR) is 71.2 cm³/mol. The van der Waals surface area contributed by atoms with E-state index in [-0.39, 0.29) is 17.9 Å². The Kier molecular flexibility index (Phi) is 5.75. The minimum absolute atomic E-state index is 0.0861. The molecule has 0 saturated carbocycles. The van der Waals surface area contributed by atoms with E-state index in [1.54, 1.807) is 7.05 Å². The maximum atomic E-state index is 11.6. The molecule has 1 fully saturated rings. The van der Waals surface area contributed by atoms with Crippen LogP contribution >= 0.6 is 0 Å². The van der Waals surface area contributed by atoms with Crippen molar-refractivity contribution in [3.8, 4) is 0 Å². The Morgan fingerprint density at radius 2 is 2.06 bits per heavy atom. The SMILES string of the molecule is CC(C)N(C)CCCCNC1CC(=O)N(C)C1=O. The van der Waals surface area contributed by atoms with Gasteiger partial charge >= 0.3 is 0 Å². The molecule has 1 rings (SSSR count). The lowest BCUT2D eigenvalue weighted by Gasteiger charge is -2.20. The van der Waals surface area contributed by atoms with Crippen molar-refractivity contribution in [1.82, 2.24) is 15.1 Å². The number of imide groups is 1. The van der Waals surface area contributed by atoms with Gasteiger partial charge in [-0.05, 0) is 46.8 Å². The van der Waals surface area contributed by atoms with E-state index in [2.05, 4.69) is 31.1 Å². The summed E-state index contributed by atoms with van der Waals surface area (Å²) in [5.74, 6) is -0.184. The molecule has 0 spiro atoms. The number of nitrogens with zero attached hydrogens (tertiary/aromatic N) is 2. The summed E-state index contributed by atoms with van der Waals surface area (Å²) in [6.07, 6.45) is 2.44. The van der Waals surface area contributed by atoms with Crippen LogP contribution in [0.3, 0.4) is 0 Å². The number of likely N-dealkylation sites (tertiary alicyclic amines) is 1. The fourth-order valence-corrected chi connectivity index (χ4v) is 1.94. The summed E-state index contributed by atoms with van der Waals surface area (Å²) in [5.41, 5.74) is 0. The fraction of sp³-hybridized carbons (Fsp3) is 0.846. The van der Waals surface area contributed by atoms with Crippen LogP contribution in [0.4, 0.5) is 0 Å². The smallest absolute Gasteiger partial charge is 0.246 e. The van der Waals surface area contributed by atoms with Crippen molar-refractivity contribution in [3.63, 3.8) is 0 Å². The van der Waals surface area contributed by atoms with Gasteiger partial charge in [0.1, 0.15) is 0 Å². The lowest BCUT2D eigenvalue weighted by atomic mass is 10.2. The molecule has 0 aromatic heterocycles. The van der Waals surface area contributed by atoms with Gasteiger partial charge in [0.25, 0.3) is 0 Å². The second-order valence-electron chi connectivity index (χ2n) is 5.28. The fourth-order valence-electron chi connectivity index (χ4n) is 1.94. The molecule has 1 atom stereocenters. The van der Waals surface area contributed by atoms with Crippen LogP contribution in [0.5, 0.6) is 0 Å². The molecule has 0 aromatic carbocycles. The third kappa shape index (κ3) is 4.07. The first kappa shape index (κ1) is 15.1. The summed E-state index contributed by atoms with van der Waals surface area (Å²) in [6, 6.07) is 0.269. The maximum absolute atomic E-state index is 11.6. The second-order valence-corrected chi connectivity index (χ2v) is 5.28. The Labute approximate surface area is 110 Å². The minimum atomic E-state index is -0.301. The zero-order valence-electron chi connectivity index (χ0n) is 11.9. The third-order valence-electron chi connectivity index (χ3n) is 3.59. The normalized spacial score (nSPS) is 20.6. The molecular formula is C13H25N3O2. The Balaban J connectivity index is 2.12. The van der Waals surface area contributed by atoms with E-state index in [0.29, 0.717) is 12.5 Å². The first-order valence-electron chi connectivity index (χ1n) is 6.67. The summed E-state index contributed by atoms with van der Waals surface area (Å²) in [6.45, 7) is 6.22. The highest BCUT2D eigenvalue weighted by Gasteiger charge is 2.35. The predicted octanol–water partition coefficient (Wildman–Crippen LogP) is 0.454. The largest absolute Gasteiger partial charge is 0.305 e. The zero-order valence-corrected chi connectivity index (χ0v) is 11.9. The van der Waals surface area contributed by atoms with Crippen LogP contribution < -0.4 is 5.32 Å². The van der Waals surface area contributed by atoms with Crippen LogP contribution in [-0.2, 0) is 9.59 Å². The van der Waals surface area contributed by atoms with Gasteiger partial charge in [-0.25, -0.2) is 0 Å². The van der Waals surface area contributed by atoms with E-state index < -0.39 is 0 Å². The number of rotatable bonds is 7. The number of hydrogen-bond acceptors (Lipinski definition) is 4. The molecule has 5 heteroatoms. The monoisotopic (exact) mass is 255 g/mol. The van der Waals surface area contributed by atoms with Crippen LogP contribution in [0.25, 0.3) is 0 Å². The lowest BCUT2D eigenvalue weighted by Crippen LogP contribution is -2.37. The highest BCUT2D eigenvalue weighted by atomic mass is 16.2. The molecule has 1 heterocycles. The first-order valence-corrected chi connectivity index (χ1v) is 6.67. The maximum Gasteiger partial charge on any atom is 0.246 e. The lowest BCUT2D eigenvalue weighted by molar-refractivity contribution is -0.137. The molecule has 1 aliphatic heterocycles. The summed E-state index contributed by atoms with van der Waals surface area (Å²) in [4.78, 5) is 26.4. The third-order valence-corrected chi connectivity index (χ3v) is 3.59. The van der Waals surface area contributed by atoms with Gasteiger partial charge in [0.05, 0.1) is 12.5 Å². The van der Waals surface area contributed by atoms with Crippen molar-refractivity contribution in [1.29, 1.82) is 0 Å². The molecule has 0 radical (unpaired) electrons. The van der Waals surface area contributed by atoms with Crippen molar-refractivity contribution in [2.24, 2.45) is 0 Å². The van der Waals surface area contributed by atoms with E-state index in [4.69, 9.17) is 0 Å². The Morgan fingerprint density at radius 1 is 1.39 bits per heavy atom. The van der Waals surface area contributed by atoms with Gasteiger partial charge in [0.2, 0.25) is 11.8 Å². The van der Waals surface area contributed by atoms with E-state index in [1.807, 2.05) is 0 Å². The van der Waals surface area contributed by atoms with Crippen LogP contribution in [0.15, 0.2) is 0 Å². The van der Waals surface area contributed by atoms with Crippen molar-refractivity contribution >= 4 is 11.8 Å². The van der Waals surface area contributed by atoms with Crippen LogP contribution in [-0.4, -0.2) is 60.9 Å². The van der Waals surface area contributed by atoms with Gasteiger partial charge < -0.3 is 10.2 Å². The average molecular weight is 255 g/mol. The molecule has 2 amide bonds. The minimum Gasteiger partial charge on any atom is -0.305 e. The molecular weight excluding hydrogens is 230 g/mol. The van der Waals surface area contributed by atoms with Gasteiger partial charge in [-0.2, -0.15) is 0 Å². The molecule has 0 aliphatic carbocycles. The molecule has 1 unspecified atom stereocenters. The quantitative estimate of drug-likeness (QED) is 0.530. The van der Waals surface area contributed by atoms with Gasteiger partial charge in [-0.3, -0.25) is 14.5 Å². The molecule has 1 N–H and O–H groups in total. The van der Waals surface area contributed by atoms with Crippen LogP contribution in [0.2, 0.25) is 0 Å². The molecule has 18 heavy (non-hydrogen) atoms. The summed E-state index contributed by atoms with van der Waals surface area (Å²) in [7, 11) is 3.66. The number of carbonyl (C=O) groups excluding carboxylic acids is 2.